The van der Waals surface area contributed by atoms with Crippen LogP contribution in [0.1, 0.15) is 41.5 Å². The highest BCUT2D eigenvalue weighted by Crippen LogP contribution is 2.27. The van der Waals surface area contributed by atoms with E-state index in [-0.39, 0.29) is 10.8 Å². The Bertz CT molecular complexity index is 470. The molecule has 19 heavy (non-hydrogen) atoms. The molecule has 0 atom stereocenters. The van der Waals surface area contributed by atoms with Gasteiger partial charge in [-0.05, 0) is 18.2 Å². The molecule has 0 spiro atoms. The van der Waals surface area contributed by atoms with Crippen molar-refractivity contribution in [3.63, 3.8) is 0 Å². The fourth-order valence-electron chi connectivity index (χ4n) is 1.40. The van der Waals surface area contributed by atoms with E-state index in [2.05, 4.69) is 25.8 Å². The van der Waals surface area contributed by atoms with Crippen LogP contribution in [0.5, 0.6) is 0 Å². The summed E-state index contributed by atoms with van der Waals surface area (Å²) in [7, 11) is 0. The predicted molar refractivity (Wildman–Crippen MR) is 83.2 cm³/mol. The number of aliphatic hydroxyl groups excluding tert-OH is 1. The van der Waals surface area contributed by atoms with Crippen molar-refractivity contribution in [3.8, 4) is 0 Å². The molecular weight excluding hydrogens is 234 g/mol. The number of hydrogen-bond acceptors (Lipinski definition) is 2. The van der Waals surface area contributed by atoms with E-state index < -0.39 is 0 Å². The SMILES string of the molecule is CC(C)(C)/C(O)=C/C(=N/c1ccccc1)C(C)(C)C. The smallest absolute Gasteiger partial charge is 0.0994 e. The molecule has 1 N–H and O–H groups in total. The van der Waals surface area contributed by atoms with Gasteiger partial charge in [-0.1, -0.05) is 59.7 Å². The van der Waals surface area contributed by atoms with E-state index in [9.17, 15) is 5.11 Å². The third-order valence-electron chi connectivity index (χ3n) is 2.82. The highest BCUT2D eigenvalue weighted by atomic mass is 16.3. The topological polar surface area (TPSA) is 32.6 Å². The fourth-order valence-corrected chi connectivity index (χ4v) is 1.40. The third-order valence-corrected chi connectivity index (χ3v) is 2.82. The minimum absolute atomic E-state index is 0.116. The summed E-state index contributed by atoms with van der Waals surface area (Å²) in [6.45, 7) is 12.3. The molecule has 0 bridgehead atoms. The van der Waals surface area contributed by atoms with Gasteiger partial charge in [0.25, 0.3) is 0 Å². The first-order chi connectivity index (χ1) is 8.60. The molecule has 1 rings (SSSR count). The molecule has 0 aromatic heterocycles. The Hall–Kier alpha value is -1.57. The zero-order valence-corrected chi connectivity index (χ0v) is 12.9. The van der Waals surface area contributed by atoms with E-state index in [0.29, 0.717) is 5.76 Å². The normalized spacial score (nSPS) is 14.6. The van der Waals surface area contributed by atoms with Crippen molar-refractivity contribution in [2.75, 3.05) is 0 Å². The second-order valence-electron chi connectivity index (χ2n) is 6.86. The first-order valence-electron chi connectivity index (χ1n) is 6.66. The Balaban J connectivity index is 3.22. The van der Waals surface area contributed by atoms with Gasteiger partial charge in [-0.3, -0.25) is 4.99 Å². The maximum absolute atomic E-state index is 10.2. The van der Waals surface area contributed by atoms with Crippen LogP contribution in [-0.2, 0) is 0 Å². The maximum Gasteiger partial charge on any atom is 0.0994 e. The molecule has 0 aliphatic rings. The lowest BCUT2D eigenvalue weighted by Crippen LogP contribution is -2.20. The summed E-state index contributed by atoms with van der Waals surface area (Å²) < 4.78 is 0. The van der Waals surface area contributed by atoms with E-state index in [4.69, 9.17) is 0 Å². The van der Waals surface area contributed by atoms with Gasteiger partial charge in [-0.25, -0.2) is 0 Å². The number of aliphatic imine (C=N–C) groups is 1. The monoisotopic (exact) mass is 259 g/mol. The molecule has 0 fully saturated rings. The van der Waals surface area contributed by atoms with Crippen molar-refractivity contribution in [1.82, 2.24) is 0 Å². The molecule has 0 unspecified atom stereocenters. The minimum atomic E-state index is -0.261. The number of aliphatic hydroxyl groups is 1. The van der Waals surface area contributed by atoms with Crippen LogP contribution >= 0.6 is 0 Å². The highest BCUT2D eigenvalue weighted by molar-refractivity contribution is 6.00. The van der Waals surface area contributed by atoms with Crippen LogP contribution in [0.15, 0.2) is 47.2 Å². The van der Waals surface area contributed by atoms with Crippen LogP contribution in [0.25, 0.3) is 0 Å². The highest BCUT2D eigenvalue weighted by Gasteiger charge is 2.22. The van der Waals surface area contributed by atoms with E-state index in [1.54, 1.807) is 6.08 Å². The van der Waals surface area contributed by atoms with Crippen LogP contribution in [0, 0.1) is 10.8 Å². The second-order valence-corrected chi connectivity index (χ2v) is 6.86. The molecule has 0 saturated heterocycles. The van der Waals surface area contributed by atoms with Gasteiger partial charge in [-0.2, -0.15) is 0 Å². The number of rotatable bonds is 2. The van der Waals surface area contributed by atoms with Crippen LogP contribution in [-0.4, -0.2) is 10.8 Å². The summed E-state index contributed by atoms with van der Waals surface area (Å²) >= 11 is 0. The zero-order chi connectivity index (χ0) is 14.7. The minimum Gasteiger partial charge on any atom is -0.512 e. The van der Waals surface area contributed by atoms with Gasteiger partial charge in [0.2, 0.25) is 0 Å². The molecule has 0 aliphatic carbocycles. The molecule has 0 heterocycles. The van der Waals surface area contributed by atoms with Crippen molar-refractivity contribution in [2.24, 2.45) is 15.8 Å². The maximum atomic E-state index is 10.2. The van der Waals surface area contributed by atoms with Gasteiger partial charge in [0.05, 0.1) is 11.4 Å². The lowest BCUT2D eigenvalue weighted by molar-refractivity contribution is 0.277. The Labute approximate surface area is 116 Å². The zero-order valence-electron chi connectivity index (χ0n) is 12.9. The standard InChI is InChI=1S/C17H25NO/c1-16(2,3)14(12-15(19)17(4,5)6)18-13-10-8-7-9-11-13/h7-12,19H,1-6H3/b15-12-,18-14-. The fraction of sp³-hybridized carbons (Fsp3) is 0.471. The van der Waals surface area contributed by atoms with Gasteiger partial charge in [0, 0.05) is 16.5 Å². The molecule has 1 aromatic carbocycles. The first-order valence-corrected chi connectivity index (χ1v) is 6.66. The molecule has 0 saturated carbocycles. The summed E-state index contributed by atoms with van der Waals surface area (Å²) in [4.78, 5) is 4.66. The average molecular weight is 259 g/mol. The number of para-hydroxylation sites is 1. The second kappa shape index (κ2) is 5.60. The summed E-state index contributed by atoms with van der Waals surface area (Å²) in [5.41, 5.74) is 1.41. The third kappa shape index (κ3) is 4.90. The molecule has 0 aliphatic heterocycles. The number of hydrogen-bond donors (Lipinski definition) is 1. The summed E-state index contributed by atoms with van der Waals surface area (Å²) in [5.74, 6) is 0.358. The molecule has 104 valence electrons. The van der Waals surface area contributed by atoms with Gasteiger partial charge in [0.1, 0.15) is 0 Å². The first kappa shape index (κ1) is 15.5. The van der Waals surface area contributed by atoms with E-state index in [1.165, 1.54) is 0 Å². The molecule has 0 amide bonds. The molecule has 2 heteroatoms. The van der Waals surface area contributed by atoms with Crippen molar-refractivity contribution in [3.05, 3.63) is 42.2 Å². The Morgan fingerprint density at radius 1 is 0.947 bits per heavy atom. The number of allylic oxidation sites excluding steroid dienone is 2. The lowest BCUT2D eigenvalue weighted by Gasteiger charge is -2.23. The molecule has 0 radical (unpaired) electrons. The van der Waals surface area contributed by atoms with Crippen molar-refractivity contribution >= 4 is 11.4 Å². The largest absolute Gasteiger partial charge is 0.512 e. The van der Waals surface area contributed by atoms with Gasteiger partial charge in [0.15, 0.2) is 0 Å². The van der Waals surface area contributed by atoms with Gasteiger partial charge in [-0.15, -0.1) is 0 Å². The van der Waals surface area contributed by atoms with Crippen LogP contribution in [0.4, 0.5) is 5.69 Å². The quantitative estimate of drug-likeness (QED) is 0.568. The average Bonchev–Trinajstić information content (AvgIpc) is 2.27. The summed E-state index contributed by atoms with van der Waals surface area (Å²) in [6.07, 6.45) is 1.80. The molecular formula is C17H25NO. The lowest BCUT2D eigenvalue weighted by atomic mass is 9.86. The number of nitrogens with zero attached hydrogens (tertiary/aromatic N) is 1. The summed E-state index contributed by atoms with van der Waals surface area (Å²) in [6, 6.07) is 9.83. The Morgan fingerprint density at radius 3 is 1.89 bits per heavy atom. The van der Waals surface area contributed by atoms with E-state index in [0.717, 1.165) is 11.4 Å². The number of benzene rings is 1. The van der Waals surface area contributed by atoms with Gasteiger partial charge >= 0.3 is 0 Å². The van der Waals surface area contributed by atoms with Crippen molar-refractivity contribution in [1.29, 1.82) is 0 Å². The Morgan fingerprint density at radius 2 is 1.47 bits per heavy atom. The van der Waals surface area contributed by atoms with Crippen molar-refractivity contribution < 1.29 is 5.11 Å². The Kier molecular flexibility index (Phi) is 4.56. The van der Waals surface area contributed by atoms with Crippen LogP contribution < -0.4 is 0 Å². The predicted octanol–water partition coefficient (Wildman–Crippen LogP) is 5.29. The summed E-state index contributed by atoms with van der Waals surface area (Å²) in [5, 5.41) is 10.2. The van der Waals surface area contributed by atoms with Crippen LogP contribution in [0.3, 0.4) is 0 Å². The van der Waals surface area contributed by atoms with Crippen LogP contribution in [0.2, 0.25) is 0 Å². The van der Waals surface area contributed by atoms with E-state index >= 15 is 0 Å². The van der Waals surface area contributed by atoms with Gasteiger partial charge < -0.3 is 5.11 Å². The molecule has 1 aromatic rings. The molecule has 2 nitrogen and oxygen atoms in total. The van der Waals surface area contributed by atoms with Crippen molar-refractivity contribution in [2.45, 2.75) is 41.5 Å². The van der Waals surface area contributed by atoms with E-state index in [1.807, 2.05) is 51.1 Å².